The first-order valence-corrected chi connectivity index (χ1v) is 6.41. The van der Waals surface area contributed by atoms with E-state index in [-0.39, 0.29) is 11.5 Å². The molecule has 1 unspecified atom stereocenters. The lowest BCUT2D eigenvalue weighted by atomic mass is 9.88. The van der Waals surface area contributed by atoms with Gasteiger partial charge in [-0.05, 0) is 24.8 Å². The molecular formula is C13H21ClN2O. The van der Waals surface area contributed by atoms with E-state index < -0.39 is 0 Å². The van der Waals surface area contributed by atoms with Crippen LogP contribution in [0.5, 0.6) is 0 Å². The molecule has 0 aromatic carbocycles. The van der Waals surface area contributed by atoms with Gasteiger partial charge in [-0.25, -0.2) is 9.97 Å². The van der Waals surface area contributed by atoms with Crippen LogP contribution in [-0.2, 0) is 11.2 Å². The lowest BCUT2D eigenvalue weighted by Gasteiger charge is -2.29. The standard InChI is InChI=1S/C13H21ClN2O/c1-6-9-8-10(14)16-12(15-9)11(17-7-2)13(3,4)5/h8,11H,6-7H2,1-5H3. The number of ether oxygens (including phenoxy) is 1. The van der Waals surface area contributed by atoms with Gasteiger partial charge in [0, 0.05) is 12.3 Å². The van der Waals surface area contributed by atoms with Crippen molar-refractivity contribution in [2.45, 2.75) is 47.1 Å². The van der Waals surface area contributed by atoms with E-state index in [1.165, 1.54) is 0 Å². The second kappa shape index (κ2) is 5.78. The third-order valence-electron chi connectivity index (χ3n) is 2.48. The number of halogens is 1. The predicted octanol–water partition coefficient (Wildman–Crippen LogP) is 3.82. The van der Waals surface area contributed by atoms with E-state index in [1.54, 1.807) is 6.07 Å². The Labute approximate surface area is 109 Å². The van der Waals surface area contributed by atoms with Crippen molar-refractivity contribution in [2.75, 3.05) is 6.61 Å². The van der Waals surface area contributed by atoms with Gasteiger partial charge < -0.3 is 4.74 Å². The van der Waals surface area contributed by atoms with Crippen molar-refractivity contribution < 1.29 is 4.74 Å². The van der Waals surface area contributed by atoms with Crippen molar-refractivity contribution in [3.8, 4) is 0 Å². The van der Waals surface area contributed by atoms with Crippen LogP contribution >= 0.6 is 11.6 Å². The molecule has 4 heteroatoms. The fourth-order valence-corrected chi connectivity index (χ4v) is 1.87. The van der Waals surface area contributed by atoms with Crippen LogP contribution in [0.15, 0.2) is 6.07 Å². The molecule has 0 aliphatic heterocycles. The van der Waals surface area contributed by atoms with E-state index in [0.717, 1.165) is 12.1 Å². The molecule has 0 bridgehead atoms. The summed E-state index contributed by atoms with van der Waals surface area (Å²) in [5.74, 6) is 0.684. The Morgan fingerprint density at radius 3 is 2.41 bits per heavy atom. The molecule has 0 aliphatic carbocycles. The van der Waals surface area contributed by atoms with Gasteiger partial charge in [0.1, 0.15) is 11.3 Å². The average Bonchev–Trinajstić information content (AvgIpc) is 2.23. The van der Waals surface area contributed by atoms with Gasteiger partial charge in [-0.3, -0.25) is 0 Å². The Bertz CT molecular complexity index is 374. The van der Waals surface area contributed by atoms with Crippen LogP contribution in [0.1, 0.15) is 52.2 Å². The van der Waals surface area contributed by atoms with E-state index in [1.807, 2.05) is 6.92 Å². The average molecular weight is 257 g/mol. The molecule has 1 heterocycles. The van der Waals surface area contributed by atoms with Crippen LogP contribution in [0.25, 0.3) is 0 Å². The molecule has 0 saturated carbocycles. The van der Waals surface area contributed by atoms with Gasteiger partial charge in [0.2, 0.25) is 0 Å². The quantitative estimate of drug-likeness (QED) is 0.769. The van der Waals surface area contributed by atoms with Crippen LogP contribution in [0.2, 0.25) is 5.15 Å². The first-order chi connectivity index (χ1) is 7.88. The zero-order chi connectivity index (χ0) is 13.1. The van der Waals surface area contributed by atoms with Crippen LogP contribution in [0.3, 0.4) is 0 Å². The second-order valence-corrected chi connectivity index (χ2v) is 5.48. The number of hydrogen-bond donors (Lipinski definition) is 0. The fourth-order valence-electron chi connectivity index (χ4n) is 1.66. The molecule has 0 amide bonds. The minimum absolute atomic E-state index is 0.0499. The van der Waals surface area contributed by atoms with Gasteiger partial charge >= 0.3 is 0 Å². The van der Waals surface area contributed by atoms with E-state index in [0.29, 0.717) is 17.6 Å². The Morgan fingerprint density at radius 2 is 1.94 bits per heavy atom. The van der Waals surface area contributed by atoms with E-state index in [9.17, 15) is 0 Å². The van der Waals surface area contributed by atoms with Crippen LogP contribution in [0.4, 0.5) is 0 Å². The van der Waals surface area contributed by atoms with Crippen LogP contribution in [-0.4, -0.2) is 16.6 Å². The predicted molar refractivity (Wildman–Crippen MR) is 70.2 cm³/mol. The normalized spacial score (nSPS) is 13.8. The van der Waals surface area contributed by atoms with Gasteiger partial charge in [-0.15, -0.1) is 0 Å². The van der Waals surface area contributed by atoms with Crippen molar-refractivity contribution in [1.82, 2.24) is 9.97 Å². The Balaban J connectivity index is 3.13. The molecule has 0 spiro atoms. The van der Waals surface area contributed by atoms with Gasteiger partial charge in [-0.2, -0.15) is 0 Å². The maximum atomic E-state index is 6.02. The van der Waals surface area contributed by atoms with Crippen LogP contribution in [0, 0.1) is 5.41 Å². The summed E-state index contributed by atoms with van der Waals surface area (Å²) in [6.45, 7) is 11.0. The molecule has 0 radical (unpaired) electrons. The minimum atomic E-state index is -0.128. The molecule has 96 valence electrons. The van der Waals surface area contributed by atoms with Gasteiger partial charge in [0.05, 0.1) is 0 Å². The maximum absolute atomic E-state index is 6.02. The summed E-state index contributed by atoms with van der Waals surface area (Å²) >= 11 is 6.02. The van der Waals surface area contributed by atoms with E-state index in [2.05, 4.69) is 37.7 Å². The number of aromatic nitrogens is 2. The van der Waals surface area contributed by atoms with Crippen molar-refractivity contribution in [2.24, 2.45) is 5.41 Å². The highest BCUT2D eigenvalue weighted by molar-refractivity contribution is 6.29. The fraction of sp³-hybridized carbons (Fsp3) is 0.692. The third-order valence-corrected chi connectivity index (χ3v) is 2.68. The molecule has 3 nitrogen and oxygen atoms in total. The van der Waals surface area contributed by atoms with Gasteiger partial charge in [0.15, 0.2) is 5.82 Å². The molecule has 1 atom stereocenters. The second-order valence-electron chi connectivity index (χ2n) is 5.10. The third kappa shape index (κ3) is 3.93. The molecule has 0 N–H and O–H groups in total. The highest BCUT2D eigenvalue weighted by Gasteiger charge is 2.29. The smallest absolute Gasteiger partial charge is 0.159 e. The summed E-state index contributed by atoms with van der Waals surface area (Å²) < 4.78 is 5.76. The Hall–Kier alpha value is -0.670. The van der Waals surface area contributed by atoms with Crippen molar-refractivity contribution in [3.63, 3.8) is 0 Å². The zero-order valence-electron chi connectivity index (χ0n) is 11.2. The SMILES string of the molecule is CCOC(c1nc(Cl)cc(CC)n1)C(C)(C)C. The number of nitrogens with zero attached hydrogens (tertiary/aromatic N) is 2. The molecule has 1 rings (SSSR count). The monoisotopic (exact) mass is 256 g/mol. The van der Waals surface area contributed by atoms with Crippen molar-refractivity contribution >= 4 is 11.6 Å². The molecule has 1 aromatic rings. The molecule has 17 heavy (non-hydrogen) atoms. The van der Waals surface area contributed by atoms with E-state index >= 15 is 0 Å². The van der Waals surface area contributed by atoms with Gasteiger partial charge in [0.25, 0.3) is 0 Å². The summed E-state index contributed by atoms with van der Waals surface area (Å²) in [4.78, 5) is 8.81. The first kappa shape index (κ1) is 14.4. The minimum Gasteiger partial charge on any atom is -0.370 e. The summed E-state index contributed by atoms with van der Waals surface area (Å²) in [5, 5.41) is 0.487. The summed E-state index contributed by atoms with van der Waals surface area (Å²) in [6, 6.07) is 1.80. The summed E-state index contributed by atoms with van der Waals surface area (Å²) in [5.41, 5.74) is 0.903. The lowest BCUT2D eigenvalue weighted by Crippen LogP contribution is -2.24. The van der Waals surface area contributed by atoms with Gasteiger partial charge in [-0.1, -0.05) is 39.3 Å². The Kier molecular flexibility index (Phi) is 4.90. The molecule has 0 fully saturated rings. The summed E-state index contributed by atoms with van der Waals surface area (Å²) in [7, 11) is 0. The molecule has 0 saturated heterocycles. The Morgan fingerprint density at radius 1 is 1.29 bits per heavy atom. The zero-order valence-corrected chi connectivity index (χ0v) is 12.0. The lowest BCUT2D eigenvalue weighted by molar-refractivity contribution is -0.0192. The number of hydrogen-bond acceptors (Lipinski definition) is 3. The highest BCUT2D eigenvalue weighted by atomic mass is 35.5. The largest absolute Gasteiger partial charge is 0.370 e. The van der Waals surface area contributed by atoms with Crippen LogP contribution < -0.4 is 0 Å². The molecular weight excluding hydrogens is 236 g/mol. The van der Waals surface area contributed by atoms with E-state index in [4.69, 9.17) is 16.3 Å². The number of rotatable bonds is 4. The van der Waals surface area contributed by atoms with Crippen molar-refractivity contribution in [1.29, 1.82) is 0 Å². The van der Waals surface area contributed by atoms with Crippen molar-refractivity contribution in [3.05, 3.63) is 22.7 Å². The summed E-state index contributed by atoms with van der Waals surface area (Å²) in [6.07, 6.45) is 0.717. The maximum Gasteiger partial charge on any atom is 0.159 e. The molecule has 1 aromatic heterocycles. The number of aryl methyl sites for hydroxylation is 1. The topological polar surface area (TPSA) is 35.0 Å². The first-order valence-electron chi connectivity index (χ1n) is 6.03. The molecule has 0 aliphatic rings. The highest BCUT2D eigenvalue weighted by Crippen LogP contribution is 2.34.